The summed E-state index contributed by atoms with van der Waals surface area (Å²) in [6, 6.07) is 9.62. The van der Waals surface area contributed by atoms with Gasteiger partial charge in [0.25, 0.3) is 0 Å². The second kappa shape index (κ2) is 9.29. The molecule has 1 saturated heterocycles. The Morgan fingerprint density at radius 1 is 1.13 bits per heavy atom. The number of carboxylic acid groups (broad SMARTS) is 1. The first-order valence-electron chi connectivity index (χ1n) is 7.39. The quantitative estimate of drug-likeness (QED) is 0.831. The maximum Gasteiger partial charge on any atom is 0.490 e. The number of carbonyl (C=O) groups is 2. The highest BCUT2D eigenvalue weighted by molar-refractivity contribution is 5.95. The first-order chi connectivity index (χ1) is 10.8. The molecule has 23 heavy (non-hydrogen) atoms. The number of benzene rings is 1. The molecule has 128 valence electrons. The molecular formula is C16H20F3NO3. The van der Waals surface area contributed by atoms with Crippen molar-refractivity contribution >= 4 is 11.8 Å². The molecule has 0 aliphatic carbocycles. The smallest absolute Gasteiger partial charge is 0.475 e. The predicted octanol–water partition coefficient (Wildman–Crippen LogP) is 3.28. The number of Topliss-reactive ketones (excluding diaryl/α,β-unsaturated/α-hetero) is 1. The first-order valence-corrected chi connectivity index (χ1v) is 7.39. The minimum Gasteiger partial charge on any atom is -0.475 e. The summed E-state index contributed by atoms with van der Waals surface area (Å²) in [6.07, 6.45) is -0.881. The average Bonchev–Trinajstić information content (AvgIpc) is 2.54. The molecule has 2 rings (SSSR count). The van der Waals surface area contributed by atoms with E-state index in [0.717, 1.165) is 31.0 Å². The van der Waals surface area contributed by atoms with Crippen LogP contribution in [0.25, 0.3) is 0 Å². The Labute approximate surface area is 132 Å². The van der Waals surface area contributed by atoms with Crippen LogP contribution in [0.3, 0.4) is 0 Å². The van der Waals surface area contributed by atoms with Crippen LogP contribution in [-0.4, -0.2) is 36.1 Å². The maximum absolute atomic E-state index is 11.9. The molecule has 0 radical (unpaired) electrons. The summed E-state index contributed by atoms with van der Waals surface area (Å²) in [7, 11) is 0. The predicted molar refractivity (Wildman–Crippen MR) is 79.3 cm³/mol. The molecule has 0 spiro atoms. The van der Waals surface area contributed by atoms with Crippen molar-refractivity contribution in [1.29, 1.82) is 0 Å². The number of piperidine rings is 1. The largest absolute Gasteiger partial charge is 0.490 e. The third-order valence-corrected chi connectivity index (χ3v) is 3.58. The van der Waals surface area contributed by atoms with Crippen LogP contribution in [-0.2, 0) is 4.79 Å². The van der Waals surface area contributed by atoms with Crippen LogP contribution in [0.1, 0.15) is 36.0 Å². The molecule has 1 aromatic rings. The average molecular weight is 331 g/mol. The second-order valence-corrected chi connectivity index (χ2v) is 5.32. The van der Waals surface area contributed by atoms with Crippen molar-refractivity contribution in [2.45, 2.75) is 31.9 Å². The number of carbonyl (C=O) groups excluding carboxylic acids is 1. The minimum atomic E-state index is -5.08. The fraction of sp³-hybridized carbons (Fsp3) is 0.500. The number of hydrogen-bond acceptors (Lipinski definition) is 3. The van der Waals surface area contributed by atoms with Crippen molar-refractivity contribution in [2.75, 3.05) is 13.1 Å². The van der Waals surface area contributed by atoms with E-state index >= 15 is 0 Å². The Kier molecular flexibility index (Phi) is 7.74. The van der Waals surface area contributed by atoms with Gasteiger partial charge in [0.05, 0.1) is 0 Å². The molecule has 2 N–H and O–H groups in total. The summed E-state index contributed by atoms with van der Waals surface area (Å²) in [5, 5.41) is 10.5. The van der Waals surface area contributed by atoms with Crippen LogP contribution in [0.4, 0.5) is 13.2 Å². The summed E-state index contributed by atoms with van der Waals surface area (Å²) in [5.41, 5.74) is 0.858. The fourth-order valence-electron chi connectivity index (χ4n) is 2.27. The lowest BCUT2D eigenvalue weighted by Crippen LogP contribution is -2.27. The standard InChI is InChI=1S/C14H19NO.C2HF3O2/c16-14(13-4-2-1-3-5-13)7-6-12-8-10-15-11-9-12;3-2(4,5)1(6)7/h1-5,12,15H,6-11H2;(H,6,7). The van der Waals surface area contributed by atoms with E-state index < -0.39 is 12.1 Å². The Morgan fingerprint density at radius 3 is 2.13 bits per heavy atom. The number of aliphatic carboxylic acids is 1. The van der Waals surface area contributed by atoms with Crippen molar-refractivity contribution in [3.63, 3.8) is 0 Å². The molecule has 1 aliphatic rings. The van der Waals surface area contributed by atoms with Crippen LogP contribution in [0.15, 0.2) is 30.3 Å². The Bertz CT molecular complexity index is 497. The van der Waals surface area contributed by atoms with Gasteiger partial charge in [0.2, 0.25) is 0 Å². The summed E-state index contributed by atoms with van der Waals surface area (Å²) >= 11 is 0. The lowest BCUT2D eigenvalue weighted by atomic mass is 9.91. The van der Waals surface area contributed by atoms with E-state index in [1.807, 2.05) is 30.3 Å². The van der Waals surface area contributed by atoms with E-state index in [0.29, 0.717) is 12.2 Å². The number of alkyl halides is 3. The molecule has 1 heterocycles. The Balaban J connectivity index is 0.000000322. The summed E-state index contributed by atoms with van der Waals surface area (Å²) in [6.45, 7) is 2.23. The molecule has 0 atom stereocenters. The van der Waals surface area contributed by atoms with E-state index in [9.17, 15) is 18.0 Å². The van der Waals surface area contributed by atoms with Gasteiger partial charge < -0.3 is 10.4 Å². The van der Waals surface area contributed by atoms with Gasteiger partial charge in [-0.25, -0.2) is 4.79 Å². The van der Waals surface area contributed by atoms with Crippen LogP contribution in [0.2, 0.25) is 0 Å². The van der Waals surface area contributed by atoms with Gasteiger partial charge in [-0.1, -0.05) is 30.3 Å². The van der Waals surface area contributed by atoms with Gasteiger partial charge in [-0.15, -0.1) is 0 Å². The number of carboxylic acids is 1. The number of halogens is 3. The van der Waals surface area contributed by atoms with E-state index in [4.69, 9.17) is 9.90 Å². The zero-order chi connectivity index (χ0) is 17.3. The zero-order valence-electron chi connectivity index (χ0n) is 12.6. The van der Waals surface area contributed by atoms with Crippen LogP contribution >= 0.6 is 0 Å². The van der Waals surface area contributed by atoms with Gasteiger partial charge >= 0.3 is 12.1 Å². The second-order valence-electron chi connectivity index (χ2n) is 5.32. The number of rotatable bonds is 4. The van der Waals surface area contributed by atoms with E-state index in [1.54, 1.807) is 0 Å². The van der Waals surface area contributed by atoms with Gasteiger partial charge in [0.1, 0.15) is 0 Å². The van der Waals surface area contributed by atoms with E-state index in [2.05, 4.69) is 5.32 Å². The van der Waals surface area contributed by atoms with Crippen molar-refractivity contribution < 1.29 is 27.9 Å². The molecule has 1 fully saturated rings. The van der Waals surface area contributed by atoms with Crippen LogP contribution in [0, 0.1) is 5.92 Å². The van der Waals surface area contributed by atoms with E-state index in [1.165, 1.54) is 12.8 Å². The molecule has 0 saturated carbocycles. The molecule has 0 bridgehead atoms. The zero-order valence-corrected chi connectivity index (χ0v) is 12.6. The van der Waals surface area contributed by atoms with Crippen molar-refractivity contribution in [1.82, 2.24) is 5.32 Å². The molecule has 7 heteroatoms. The molecule has 0 aromatic heterocycles. The summed E-state index contributed by atoms with van der Waals surface area (Å²) in [4.78, 5) is 20.8. The lowest BCUT2D eigenvalue weighted by molar-refractivity contribution is -0.192. The molecule has 4 nitrogen and oxygen atoms in total. The highest BCUT2D eigenvalue weighted by Gasteiger charge is 2.38. The normalized spacial score (nSPS) is 15.4. The van der Waals surface area contributed by atoms with Crippen molar-refractivity contribution in [2.24, 2.45) is 5.92 Å². The van der Waals surface area contributed by atoms with Crippen molar-refractivity contribution in [3.05, 3.63) is 35.9 Å². The van der Waals surface area contributed by atoms with Gasteiger partial charge in [0.15, 0.2) is 5.78 Å². The van der Waals surface area contributed by atoms with Gasteiger partial charge in [-0.3, -0.25) is 4.79 Å². The summed E-state index contributed by atoms with van der Waals surface area (Å²) in [5.74, 6) is -1.72. The Hall–Kier alpha value is -1.89. The topological polar surface area (TPSA) is 66.4 Å². The first kappa shape index (κ1) is 19.2. The molecular weight excluding hydrogens is 311 g/mol. The van der Waals surface area contributed by atoms with Gasteiger partial charge in [-0.05, 0) is 38.3 Å². The molecule has 0 amide bonds. The number of nitrogens with one attached hydrogen (secondary N) is 1. The molecule has 0 unspecified atom stereocenters. The van der Waals surface area contributed by atoms with E-state index in [-0.39, 0.29) is 0 Å². The number of ketones is 1. The fourth-order valence-corrected chi connectivity index (χ4v) is 2.27. The van der Waals surface area contributed by atoms with Gasteiger partial charge in [-0.2, -0.15) is 13.2 Å². The van der Waals surface area contributed by atoms with Crippen LogP contribution in [0.5, 0.6) is 0 Å². The van der Waals surface area contributed by atoms with Crippen LogP contribution < -0.4 is 5.32 Å². The third kappa shape index (κ3) is 7.78. The SMILES string of the molecule is O=C(CCC1CCNCC1)c1ccccc1.O=C(O)C(F)(F)F. The monoisotopic (exact) mass is 331 g/mol. The minimum absolute atomic E-state index is 0.291. The lowest BCUT2D eigenvalue weighted by Gasteiger charge is -2.22. The summed E-state index contributed by atoms with van der Waals surface area (Å²) < 4.78 is 31.7. The third-order valence-electron chi connectivity index (χ3n) is 3.58. The number of hydrogen-bond donors (Lipinski definition) is 2. The highest BCUT2D eigenvalue weighted by atomic mass is 19.4. The maximum atomic E-state index is 11.9. The van der Waals surface area contributed by atoms with Crippen molar-refractivity contribution in [3.8, 4) is 0 Å². The van der Waals surface area contributed by atoms with Gasteiger partial charge in [0, 0.05) is 12.0 Å². The Morgan fingerprint density at radius 2 is 1.65 bits per heavy atom. The molecule has 1 aromatic carbocycles. The molecule has 1 aliphatic heterocycles. The highest BCUT2D eigenvalue weighted by Crippen LogP contribution is 2.19.